The molecule has 0 radical (unpaired) electrons. The molecule has 102 valence electrons. The second kappa shape index (κ2) is 5.43. The number of aromatic nitrogens is 3. The van der Waals surface area contributed by atoms with Gasteiger partial charge >= 0.3 is 0 Å². The Balaban J connectivity index is 2.08. The van der Waals surface area contributed by atoms with E-state index in [9.17, 15) is 0 Å². The van der Waals surface area contributed by atoms with Crippen molar-refractivity contribution in [2.24, 2.45) is 5.73 Å². The molecule has 0 saturated carbocycles. The molecule has 0 aliphatic rings. The number of benzene rings is 1. The average Bonchev–Trinajstić information content (AvgIpc) is 2.94. The number of hydrogen-bond donors (Lipinski definition) is 1. The van der Waals surface area contributed by atoms with Crippen molar-refractivity contribution in [3.8, 4) is 0 Å². The van der Waals surface area contributed by atoms with E-state index in [2.05, 4.69) is 29.1 Å². The minimum absolute atomic E-state index is 0.183. The van der Waals surface area contributed by atoms with Gasteiger partial charge < -0.3 is 5.73 Å². The zero-order valence-corrected chi connectivity index (χ0v) is 11.5. The van der Waals surface area contributed by atoms with Crippen molar-refractivity contribution < 1.29 is 0 Å². The number of hydrogen-bond acceptors (Lipinski definition) is 3. The van der Waals surface area contributed by atoms with Gasteiger partial charge in [0.25, 0.3) is 0 Å². The molecule has 2 N–H and O–H groups in total. The smallest absolute Gasteiger partial charge is 0.0729 e. The monoisotopic (exact) mass is 266 g/mol. The number of pyridine rings is 1. The van der Waals surface area contributed by atoms with Gasteiger partial charge in [-0.05, 0) is 30.2 Å². The van der Waals surface area contributed by atoms with Gasteiger partial charge in [0, 0.05) is 24.3 Å². The van der Waals surface area contributed by atoms with Crippen molar-refractivity contribution in [1.82, 2.24) is 14.8 Å². The van der Waals surface area contributed by atoms with Crippen LogP contribution in [0, 0.1) is 0 Å². The number of aryl methyl sites for hydroxylation is 1. The van der Waals surface area contributed by atoms with Crippen LogP contribution in [0.3, 0.4) is 0 Å². The summed E-state index contributed by atoms with van der Waals surface area (Å²) in [6.07, 6.45) is 4.66. The highest BCUT2D eigenvalue weighted by molar-refractivity contribution is 5.82. The van der Waals surface area contributed by atoms with E-state index in [1.165, 1.54) is 0 Å². The first-order chi connectivity index (χ1) is 9.81. The molecular weight excluding hydrogens is 248 g/mol. The zero-order chi connectivity index (χ0) is 13.9. The predicted molar refractivity (Wildman–Crippen MR) is 80.3 cm³/mol. The fourth-order valence-corrected chi connectivity index (χ4v) is 2.56. The number of fused-ring (bicyclic) bond motifs is 1. The first kappa shape index (κ1) is 12.8. The summed E-state index contributed by atoms with van der Waals surface area (Å²) in [5.74, 6) is 0. The van der Waals surface area contributed by atoms with Crippen molar-refractivity contribution >= 4 is 10.9 Å². The van der Waals surface area contributed by atoms with Crippen LogP contribution in [0.1, 0.15) is 30.6 Å². The maximum Gasteiger partial charge on any atom is 0.0729 e. The Kier molecular flexibility index (Phi) is 3.48. The first-order valence-corrected chi connectivity index (χ1v) is 6.92. The molecule has 0 fully saturated rings. The van der Waals surface area contributed by atoms with Crippen LogP contribution in [0.4, 0.5) is 0 Å². The molecule has 4 heteroatoms. The Morgan fingerprint density at radius 1 is 1.15 bits per heavy atom. The van der Waals surface area contributed by atoms with Gasteiger partial charge in [0.05, 0.1) is 17.3 Å². The van der Waals surface area contributed by atoms with Gasteiger partial charge in [0.2, 0.25) is 0 Å². The highest BCUT2D eigenvalue weighted by atomic mass is 15.3. The highest BCUT2D eigenvalue weighted by Gasteiger charge is 2.16. The molecule has 0 saturated heterocycles. The van der Waals surface area contributed by atoms with Crippen molar-refractivity contribution in [3.05, 3.63) is 60.0 Å². The third-order valence-electron chi connectivity index (χ3n) is 3.52. The van der Waals surface area contributed by atoms with E-state index < -0.39 is 0 Å². The van der Waals surface area contributed by atoms with E-state index >= 15 is 0 Å². The van der Waals surface area contributed by atoms with Crippen molar-refractivity contribution in [2.75, 3.05) is 0 Å². The van der Waals surface area contributed by atoms with Crippen LogP contribution in [0.5, 0.6) is 0 Å². The van der Waals surface area contributed by atoms with E-state index in [1.54, 1.807) is 6.20 Å². The minimum atomic E-state index is -0.183. The summed E-state index contributed by atoms with van der Waals surface area (Å²) >= 11 is 0. The van der Waals surface area contributed by atoms with Crippen LogP contribution in [0.15, 0.2) is 48.8 Å². The first-order valence-electron chi connectivity index (χ1n) is 6.92. The third kappa shape index (κ3) is 2.18. The molecular formula is C16H18N4. The summed E-state index contributed by atoms with van der Waals surface area (Å²) in [5.41, 5.74) is 9.58. The molecule has 2 heterocycles. The van der Waals surface area contributed by atoms with Crippen LogP contribution in [-0.2, 0) is 6.54 Å². The zero-order valence-electron chi connectivity index (χ0n) is 11.5. The Hall–Kier alpha value is -2.20. The summed E-state index contributed by atoms with van der Waals surface area (Å²) in [4.78, 5) is 4.39. The van der Waals surface area contributed by atoms with Crippen molar-refractivity contribution in [1.29, 1.82) is 0 Å². The highest BCUT2D eigenvalue weighted by Crippen LogP contribution is 2.26. The lowest BCUT2D eigenvalue weighted by Crippen LogP contribution is -2.18. The topological polar surface area (TPSA) is 56.7 Å². The molecule has 20 heavy (non-hydrogen) atoms. The molecule has 0 bridgehead atoms. The van der Waals surface area contributed by atoms with Gasteiger partial charge in [-0.3, -0.25) is 9.67 Å². The quantitative estimate of drug-likeness (QED) is 0.790. The maximum atomic E-state index is 6.47. The van der Waals surface area contributed by atoms with Crippen LogP contribution in [-0.4, -0.2) is 14.8 Å². The summed E-state index contributed by atoms with van der Waals surface area (Å²) in [6.45, 7) is 3.03. The SMILES string of the molecule is CCCn1nccc1C(N)c1cccc2ncccc12. The second-order valence-corrected chi connectivity index (χ2v) is 4.87. The van der Waals surface area contributed by atoms with Gasteiger partial charge in [-0.1, -0.05) is 25.1 Å². The molecule has 0 aliphatic heterocycles. The van der Waals surface area contributed by atoms with E-state index in [0.717, 1.165) is 35.1 Å². The molecule has 3 aromatic rings. The molecule has 1 aromatic carbocycles. The summed E-state index contributed by atoms with van der Waals surface area (Å²) < 4.78 is 1.99. The van der Waals surface area contributed by atoms with Crippen molar-refractivity contribution in [3.63, 3.8) is 0 Å². The third-order valence-corrected chi connectivity index (χ3v) is 3.52. The molecule has 1 atom stereocenters. The summed E-state index contributed by atoms with van der Waals surface area (Å²) in [6, 6.07) is 11.9. The lowest BCUT2D eigenvalue weighted by Gasteiger charge is -2.16. The fraction of sp³-hybridized carbons (Fsp3) is 0.250. The maximum absolute atomic E-state index is 6.47. The molecule has 1 unspecified atom stereocenters. The lowest BCUT2D eigenvalue weighted by molar-refractivity contribution is 0.560. The molecule has 0 spiro atoms. The molecule has 3 rings (SSSR count). The fourth-order valence-electron chi connectivity index (χ4n) is 2.56. The largest absolute Gasteiger partial charge is 0.319 e. The Bertz CT molecular complexity index is 712. The van der Waals surface area contributed by atoms with E-state index in [4.69, 9.17) is 5.73 Å². The Morgan fingerprint density at radius 2 is 2.05 bits per heavy atom. The molecule has 0 aliphatic carbocycles. The number of rotatable bonds is 4. The molecule has 4 nitrogen and oxygen atoms in total. The van der Waals surface area contributed by atoms with Gasteiger partial charge in [-0.2, -0.15) is 5.10 Å². The number of nitrogens with zero attached hydrogens (tertiary/aromatic N) is 3. The van der Waals surface area contributed by atoms with E-state index in [-0.39, 0.29) is 6.04 Å². The van der Waals surface area contributed by atoms with Crippen LogP contribution in [0.2, 0.25) is 0 Å². The molecule has 2 aromatic heterocycles. The van der Waals surface area contributed by atoms with Crippen LogP contribution >= 0.6 is 0 Å². The van der Waals surface area contributed by atoms with Gasteiger partial charge in [0.1, 0.15) is 0 Å². The van der Waals surface area contributed by atoms with E-state index in [0.29, 0.717) is 0 Å². The van der Waals surface area contributed by atoms with Crippen LogP contribution in [0.25, 0.3) is 10.9 Å². The van der Waals surface area contributed by atoms with Crippen molar-refractivity contribution in [2.45, 2.75) is 25.9 Å². The number of nitrogens with two attached hydrogens (primary N) is 1. The van der Waals surface area contributed by atoms with Crippen LogP contribution < -0.4 is 5.73 Å². The normalized spacial score (nSPS) is 12.7. The predicted octanol–water partition coefficient (Wildman–Crippen LogP) is 2.89. The molecule has 0 amide bonds. The van der Waals surface area contributed by atoms with Gasteiger partial charge in [0.15, 0.2) is 0 Å². The summed E-state index contributed by atoms with van der Waals surface area (Å²) in [7, 11) is 0. The Labute approximate surface area is 118 Å². The van der Waals surface area contributed by atoms with Gasteiger partial charge in [-0.25, -0.2) is 0 Å². The minimum Gasteiger partial charge on any atom is -0.319 e. The summed E-state index contributed by atoms with van der Waals surface area (Å²) in [5, 5.41) is 5.46. The lowest BCUT2D eigenvalue weighted by atomic mass is 9.99. The average molecular weight is 266 g/mol. The van der Waals surface area contributed by atoms with Gasteiger partial charge in [-0.15, -0.1) is 0 Å². The second-order valence-electron chi connectivity index (χ2n) is 4.87. The standard InChI is InChI=1S/C16H18N4/c1-2-11-20-15(8-10-19-20)16(17)13-5-3-7-14-12(13)6-4-9-18-14/h3-10,16H,2,11,17H2,1H3. The van der Waals surface area contributed by atoms with E-state index in [1.807, 2.05) is 35.1 Å². The Morgan fingerprint density at radius 3 is 2.90 bits per heavy atom.